The van der Waals surface area contributed by atoms with Gasteiger partial charge in [0.25, 0.3) is 5.91 Å². The van der Waals surface area contributed by atoms with Crippen molar-refractivity contribution < 1.29 is 4.79 Å². The number of hydrogen-bond donors (Lipinski definition) is 0. The predicted octanol–water partition coefficient (Wildman–Crippen LogP) is 4.58. The number of carbonyl (C=O) groups is 1. The van der Waals surface area contributed by atoms with Gasteiger partial charge in [0.05, 0.1) is 10.2 Å². The molecule has 23 heavy (non-hydrogen) atoms. The number of thiazole rings is 1. The van der Waals surface area contributed by atoms with Gasteiger partial charge < -0.3 is 4.57 Å². The number of hydrogen-bond acceptors (Lipinski definition) is 3. The molecule has 0 radical (unpaired) electrons. The van der Waals surface area contributed by atoms with Crippen molar-refractivity contribution in [3.63, 3.8) is 0 Å². The fraction of sp³-hybridized carbons (Fsp3) is 0.222. The van der Waals surface area contributed by atoms with E-state index in [9.17, 15) is 4.79 Å². The molecule has 3 aromatic rings. The Morgan fingerprint density at radius 1 is 1.17 bits per heavy atom. The van der Waals surface area contributed by atoms with Crippen LogP contribution in [0.2, 0.25) is 0 Å². The third kappa shape index (κ3) is 3.41. The minimum atomic E-state index is -0.183. The second kappa shape index (κ2) is 7.15. The molecule has 0 N–H and O–H groups in total. The van der Waals surface area contributed by atoms with Gasteiger partial charge in [0.1, 0.15) is 0 Å². The van der Waals surface area contributed by atoms with E-state index in [1.54, 1.807) is 23.1 Å². The lowest BCUT2D eigenvalue weighted by molar-refractivity contribution is 0.0997. The minimum Gasteiger partial charge on any atom is -0.317 e. The number of amides is 1. The van der Waals surface area contributed by atoms with E-state index in [4.69, 9.17) is 0 Å². The van der Waals surface area contributed by atoms with Gasteiger partial charge in [-0.3, -0.25) is 4.79 Å². The average Bonchev–Trinajstić information content (AvgIpc) is 2.92. The highest BCUT2D eigenvalue weighted by Gasteiger charge is 2.08. The van der Waals surface area contributed by atoms with Crippen LogP contribution in [-0.2, 0) is 6.54 Å². The summed E-state index contributed by atoms with van der Waals surface area (Å²) >= 11 is 3.28. The quantitative estimate of drug-likeness (QED) is 0.651. The van der Waals surface area contributed by atoms with Gasteiger partial charge in [-0.1, -0.05) is 36.5 Å². The molecular weight excluding hydrogens is 324 g/mol. The summed E-state index contributed by atoms with van der Waals surface area (Å²) in [6, 6.07) is 15.8. The van der Waals surface area contributed by atoms with Crippen molar-refractivity contribution in [1.29, 1.82) is 0 Å². The Kier molecular flexibility index (Phi) is 4.98. The molecular formula is C18H18N2OS2. The summed E-state index contributed by atoms with van der Waals surface area (Å²) in [7, 11) is 0. The van der Waals surface area contributed by atoms with E-state index in [1.165, 1.54) is 0 Å². The SMILES string of the molecule is CCSc1cccc(C(=O)N=c2sc3ccccc3n2CC)c1. The van der Waals surface area contributed by atoms with E-state index in [-0.39, 0.29) is 5.91 Å². The number of thioether (sulfide) groups is 1. The molecule has 0 bridgehead atoms. The van der Waals surface area contributed by atoms with E-state index in [1.807, 2.05) is 36.4 Å². The molecule has 0 fully saturated rings. The molecule has 118 valence electrons. The third-order valence-electron chi connectivity index (χ3n) is 3.49. The van der Waals surface area contributed by atoms with Crippen LogP contribution >= 0.6 is 23.1 Å². The Morgan fingerprint density at radius 3 is 2.78 bits per heavy atom. The van der Waals surface area contributed by atoms with Gasteiger partial charge in [0.2, 0.25) is 0 Å². The first-order chi connectivity index (χ1) is 11.2. The zero-order chi connectivity index (χ0) is 16.2. The fourth-order valence-corrected chi connectivity index (χ4v) is 4.26. The highest BCUT2D eigenvalue weighted by molar-refractivity contribution is 7.99. The predicted molar refractivity (Wildman–Crippen MR) is 98.2 cm³/mol. The van der Waals surface area contributed by atoms with Crippen LogP contribution in [-0.4, -0.2) is 16.2 Å². The number of carbonyl (C=O) groups excluding carboxylic acids is 1. The number of fused-ring (bicyclic) bond motifs is 1. The molecule has 2 aromatic carbocycles. The summed E-state index contributed by atoms with van der Waals surface area (Å²) in [5, 5.41) is 0. The van der Waals surface area contributed by atoms with Gasteiger partial charge in [-0.25, -0.2) is 0 Å². The van der Waals surface area contributed by atoms with E-state index < -0.39 is 0 Å². The summed E-state index contributed by atoms with van der Waals surface area (Å²) in [6.07, 6.45) is 0. The molecule has 3 rings (SSSR count). The zero-order valence-corrected chi connectivity index (χ0v) is 14.8. The average molecular weight is 342 g/mol. The van der Waals surface area contributed by atoms with Crippen molar-refractivity contribution >= 4 is 39.2 Å². The van der Waals surface area contributed by atoms with Gasteiger partial charge >= 0.3 is 0 Å². The Labute approximate surface area is 143 Å². The second-order valence-electron chi connectivity index (χ2n) is 4.97. The maximum atomic E-state index is 12.5. The van der Waals surface area contributed by atoms with Gasteiger partial charge in [-0.2, -0.15) is 4.99 Å². The smallest absolute Gasteiger partial charge is 0.279 e. The van der Waals surface area contributed by atoms with Crippen LogP contribution in [0.5, 0.6) is 0 Å². The Hall–Kier alpha value is -1.85. The first kappa shape index (κ1) is 16.0. The summed E-state index contributed by atoms with van der Waals surface area (Å²) in [5.41, 5.74) is 1.77. The van der Waals surface area contributed by atoms with Crippen molar-refractivity contribution in [2.24, 2.45) is 4.99 Å². The standard InChI is InChI=1S/C18H18N2OS2/c1-3-20-15-10-5-6-11-16(15)23-18(20)19-17(21)13-8-7-9-14(12-13)22-4-2/h5-12H,3-4H2,1-2H3. The molecule has 0 aliphatic carbocycles. The van der Waals surface area contributed by atoms with Crippen LogP contribution in [0, 0.1) is 0 Å². The Morgan fingerprint density at radius 2 is 2.00 bits per heavy atom. The summed E-state index contributed by atoms with van der Waals surface area (Å²) < 4.78 is 3.24. The third-order valence-corrected chi connectivity index (χ3v) is 5.43. The molecule has 0 saturated heterocycles. The van der Waals surface area contributed by atoms with E-state index in [0.717, 1.165) is 32.2 Å². The van der Waals surface area contributed by atoms with Crippen LogP contribution in [0.25, 0.3) is 10.2 Å². The number of benzene rings is 2. The van der Waals surface area contributed by atoms with E-state index in [2.05, 4.69) is 35.5 Å². The number of para-hydroxylation sites is 1. The lowest BCUT2D eigenvalue weighted by atomic mass is 10.2. The molecule has 1 amide bonds. The van der Waals surface area contributed by atoms with Crippen molar-refractivity contribution in [2.45, 2.75) is 25.3 Å². The molecule has 0 spiro atoms. The summed E-state index contributed by atoms with van der Waals surface area (Å²) in [5.74, 6) is 0.804. The first-order valence-corrected chi connectivity index (χ1v) is 9.43. The van der Waals surface area contributed by atoms with Crippen molar-refractivity contribution in [3.8, 4) is 0 Å². The van der Waals surface area contributed by atoms with Crippen LogP contribution in [0.4, 0.5) is 0 Å². The Bertz CT molecular complexity index is 909. The maximum Gasteiger partial charge on any atom is 0.279 e. The molecule has 0 saturated carbocycles. The normalized spacial score (nSPS) is 12.0. The van der Waals surface area contributed by atoms with E-state index >= 15 is 0 Å². The lowest BCUT2D eigenvalue weighted by Crippen LogP contribution is -2.15. The van der Waals surface area contributed by atoms with Crippen LogP contribution < -0.4 is 4.80 Å². The molecule has 3 nitrogen and oxygen atoms in total. The summed E-state index contributed by atoms with van der Waals surface area (Å²) in [4.78, 5) is 18.8. The van der Waals surface area contributed by atoms with E-state index in [0.29, 0.717) is 5.56 Å². The number of nitrogens with zero attached hydrogens (tertiary/aromatic N) is 2. The Balaban J connectivity index is 2.04. The number of aryl methyl sites for hydroxylation is 1. The highest BCUT2D eigenvalue weighted by Crippen LogP contribution is 2.19. The molecule has 0 aliphatic rings. The lowest BCUT2D eigenvalue weighted by Gasteiger charge is -2.01. The largest absolute Gasteiger partial charge is 0.317 e. The maximum absolute atomic E-state index is 12.5. The van der Waals surface area contributed by atoms with Gasteiger partial charge in [0, 0.05) is 17.0 Å². The monoisotopic (exact) mass is 342 g/mol. The topological polar surface area (TPSA) is 34.4 Å². The molecule has 5 heteroatoms. The van der Waals surface area contributed by atoms with Crippen molar-refractivity contribution in [3.05, 3.63) is 58.9 Å². The molecule has 1 heterocycles. The van der Waals surface area contributed by atoms with Crippen LogP contribution in [0.15, 0.2) is 58.4 Å². The van der Waals surface area contributed by atoms with Crippen LogP contribution in [0.1, 0.15) is 24.2 Å². The van der Waals surface area contributed by atoms with Crippen molar-refractivity contribution in [2.75, 3.05) is 5.75 Å². The van der Waals surface area contributed by atoms with Crippen molar-refractivity contribution in [1.82, 2.24) is 4.57 Å². The number of rotatable bonds is 4. The van der Waals surface area contributed by atoms with Gasteiger partial charge in [0.15, 0.2) is 4.80 Å². The minimum absolute atomic E-state index is 0.183. The van der Waals surface area contributed by atoms with Gasteiger partial charge in [-0.05, 0) is 43.0 Å². The van der Waals surface area contributed by atoms with Gasteiger partial charge in [-0.15, -0.1) is 11.8 Å². The number of aromatic nitrogens is 1. The molecule has 0 aliphatic heterocycles. The summed E-state index contributed by atoms with van der Waals surface area (Å²) in [6.45, 7) is 4.97. The second-order valence-corrected chi connectivity index (χ2v) is 7.32. The molecule has 0 unspecified atom stereocenters. The van der Waals surface area contributed by atoms with Crippen LogP contribution in [0.3, 0.4) is 0 Å². The molecule has 1 aromatic heterocycles. The molecule has 0 atom stereocenters. The zero-order valence-electron chi connectivity index (χ0n) is 13.2. The highest BCUT2D eigenvalue weighted by atomic mass is 32.2. The first-order valence-electron chi connectivity index (χ1n) is 7.63. The fourth-order valence-electron chi connectivity index (χ4n) is 2.45.